The molecule has 2 heteroatoms. The standard InChI is InChI=1S/C21H26OSi/c1-2-20(23-21-15-8-4-9-16-21)14-10-5-11-17-22-18-19-12-6-3-7-13-19/h2-4,6-9,12-13,15-16,20H,1,5,10-11,14,17-18H2. The Balaban J connectivity index is 1.53. The summed E-state index contributed by atoms with van der Waals surface area (Å²) in [5.74, 6) is 0. The Bertz CT molecular complexity index is 538. The van der Waals surface area contributed by atoms with Crippen LogP contribution < -0.4 is 5.19 Å². The number of unbranched alkanes of at least 4 members (excludes halogenated alkanes) is 2. The highest BCUT2D eigenvalue weighted by atomic mass is 28.2. The summed E-state index contributed by atoms with van der Waals surface area (Å²) in [5, 5.41) is 1.43. The van der Waals surface area contributed by atoms with Crippen LogP contribution in [0.1, 0.15) is 31.2 Å². The smallest absolute Gasteiger partial charge is 0.0884 e. The average molecular weight is 323 g/mol. The molecular formula is C21H26OSi. The molecule has 0 N–H and O–H groups in total. The molecule has 2 radical (unpaired) electrons. The molecule has 0 spiro atoms. The molecule has 0 aliphatic rings. The summed E-state index contributed by atoms with van der Waals surface area (Å²) in [6, 6.07) is 21.1. The zero-order valence-corrected chi connectivity index (χ0v) is 14.8. The van der Waals surface area contributed by atoms with E-state index in [0.29, 0.717) is 5.54 Å². The Labute approximate surface area is 143 Å². The van der Waals surface area contributed by atoms with Gasteiger partial charge in [0.15, 0.2) is 0 Å². The van der Waals surface area contributed by atoms with Crippen LogP contribution in [0.5, 0.6) is 0 Å². The molecule has 2 aromatic rings. The van der Waals surface area contributed by atoms with E-state index in [1.807, 2.05) is 6.07 Å². The van der Waals surface area contributed by atoms with Gasteiger partial charge in [-0.3, -0.25) is 0 Å². The molecular weight excluding hydrogens is 296 g/mol. The van der Waals surface area contributed by atoms with E-state index in [0.717, 1.165) is 29.2 Å². The normalized spacial score (nSPS) is 12.0. The van der Waals surface area contributed by atoms with Crippen LogP contribution in [0, 0.1) is 0 Å². The summed E-state index contributed by atoms with van der Waals surface area (Å²) in [5.41, 5.74) is 1.87. The van der Waals surface area contributed by atoms with Gasteiger partial charge in [-0.1, -0.05) is 84.8 Å². The van der Waals surface area contributed by atoms with Gasteiger partial charge in [0.05, 0.1) is 16.1 Å². The quantitative estimate of drug-likeness (QED) is 0.329. The summed E-state index contributed by atoms with van der Waals surface area (Å²) in [6.07, 6.45) is 6.99. The number of benzene rings is 2. The van der Waals surface area contributed by atoms with E-state index in [-0.39, 0.29) is 0 Å². The Kier molecular flexibility index (Phi) is 8.45. The molecule has 0 saturated carbocycles. The molecule has 1 nitrogen and oxygen atoms in total. The summed E-state index contributed by atoms with van der Waals surface area (Å²) in [7, 11) is 0.840. The first-order valence-electron chi connectivity index (χ1n) is 8.44. The van der Waals surface area contributed by atoms with Crippen molar-refractivity contribution in [2.24, 2.45) is 0 Å². The second kappa shape index (κ2) is 11.0. The van der Waals surface area contributed by atoms with Crippen molar-refractivity contribution in [3.8, 4) is 0 Å². The lowest BCUT2D eigenvalue weighted by Gasteiger charge is -2.11. The maximum Gasteiger partial charge on any atom is 0.0884 e. The zero-order chi connectivity index (χ0) is 16.2. The zero-order valence-electron chi connectivity index (χ0n) is 13.8. The molecule has 23 heavy (non-hydrogen) atoms. The lowest BCUT2D eigenvalue weighted by atomic mass is 10.1. The molecule has 2 rings (SSSR count). The Morgan fingerprint density at radius 2 is 1.61 bits per heavy atom. The van der Waals surface area contributed by atoms with E-state index >= 15 is 0 Å². The third kappa shape index (κ3) is 7.44. The third-order valence-electron chi connectivity index (χ3n) is 3.83. The maximum atomic E-state index is 5.73. The second-order valence-corrected chi connectivity index (χ2v) is 7.35. The minimum atomic E-state index is 0.614. The highest BCUT2D eigenvalue weighted by Crippen LogP contribution is 2.15. The van der Waals surface area contributed by atoms with Crippen molar-refractivity contribution in [2.75, 3.05) is 6.61 Å². The van der Waals surface area contributed by atoms with Gasteiger partial charge in [0.25, 0.3) is 0 Å². The third-order valence-corrected chi connectivity index (χ3v) is 5.39. The van der Waals surface area contributed by atoms with Gasteiger partial charge in [-0.2, -0.15) is 0 Å². The molecule has 0 saturated heterocycles. The van der Waals surface area contributed by atoms with Crippen LogP contribution in [0.4, 0.5) is 0 Å². The monoisotopic (exact) mass is 322 g/mol. The molecule has 2 aromatic carbocycles. The minimum Gasteiger partial charge on any atom is -0.377 e. The van der Waals surface area contributed by atoms with Crippen LogP contribution in [-0.2, 0) is 11.3 Å². The van der Waals surface area contributed by atoms with E-state index in [2.05, 4.69) is 67.3 Å². The summed E-state index contributed by atoms with van der Waals surface area (Å²) >= 11 is 0. The first-order chi connectivity index (χ1) is 11.4. The van der Waals surface area contributed by atoms with Gasteiger partial charge in [0.2, 0.25) is 0 Å². The predicted octanol–water partition coefficient (Wildman–Crippen LogP) is 4.77. The van der Waals surface area contributed by atoms with Crippen LogP contribution >= 0.6 is 0 Å². The van der Waals surface area contributed by atoms with Gasteiger partial charge in [-0.15, -0.1) is 6.58 Å². The fraction of sp³-hybridized carbons (Fsp3) is 0.333. The van der Waals surface area contributed by atoms with Crippen molar-refractivity contribution in [2.45, 2.75) is 37.8 Å². The van der Waals surface area contributed by atoms with Gasteiger partial charge in [0.1, 0.15) is 0 Å². The Morgan fingerprint density at radius 1 is 0.913 bits per heavy atom. The molecule has 0 bridgehead atoms. The SMILES string of the molecule is C=CC(CCCCCOCc1ccccc1)[Si]c1ccccc1. The second-order valence-electron chi connectivity index (χ2n) is 5.74. The highest BCUT2D eigenvalue weighted by molar-refractivity contribution is 6.55. The van der Waals surface area contributed by atoms with Gasteiger partial charge < -0.3 is 4.74 Å². The van der Waals surface area contributed by atoms with Gasteiger partial charge in [-0.05, 0) is 23.9 Å². The summed E-state index contributed by atoms with van der Waals surface area (Å²) in [4.78, 5) is 0. The number of ether oxygens (including phenoxy) is 1. The van der Waals surface area contributed by atoms with Crippen LogP contribution in [0.25, 0.3) is 0 Å². The van der Waals surface area contributed by atoms with Crippen molar-refractivity contribution in [1.82, 2.24) is 0 Å². The average Bonchev–Trinajstić information content (AvgIpc) is 2.61. The first kappa shape index (κ1) is 17.7. The molecule has 120 valence electrons. The van der Waals surface area contributed by atoms with Crippen LogP contribution in [-0.4, -0.2) is 16.1 Å². The summed E-state index contributed by atoms with van der Waals surface area (Å²) < 4.78 is 5.73. The van der Waals surface area contributed by atoms with Crippen LogP contribution in [0.15, 0.2) is 73.3 Å². The van der Waals surface area contributed by atoms with E-state index in [1.54, 1.807) is 0 Å². The van der Waals surface area contributed by atoms with Crippen molar-refractivity contribution >= 4 is 14.7 Å². The lowest BCUT2D eigenvalue weighted by molar-refractivity contribution is 0.117. The minimum absolute atomic E-state index is 0.614. The molecule has 1 unspecified atom stereocenters. The van der Waals surface area contributed by atoms with E-state index in [4.69, 9.17) is 4.74 Å². The fourth-order valence-corrected chi connectivity index (χ4v) is 3.79. The molecule has 0 aliphatic heterocycles. The Morgan fingerprint density at radius 3 is 2.30 bits per heavy atom. The number of hydrogen-bond acceptors (Lipinski definition) is 1. The maximum absolute atomic E-state index is 5.73. The van der Waals surface area contributed by atoms with E-state index in [9.17, 15) is 0 Å². The number of rotatable bonds is 11. The predicted molar refractivity (Wildman–Crippen MR) is 100 cm³/mol. The topological polar surface area (TPSA) is 9.23 Å². The largest absolute Gasteiger partial charge is 0.377 e. The number of allylic oxidation sites excluding steroid dienone is 1. The van der Waals surface area contributed by atoms with Crippen molar-refractivity contribution in [1.29, 1.82) is 0 Å². The molecule has 0 amide bonds. The van der Waals surface area contributed by atoms with Gasteiger partial charge in [0, 0.05) is 6.61 Å². The molecule has 0 fully saturated rings. The fourth-order valence-electron chi connectivity index (χ4n) is 2.51. The van der Waals surface area contributed by atoms with Crippen molar-refractivity contribution < 1.29 is 4.74 Å². The summed E-state index contributed by atoms with van der Waals surface area (Å²) in [6.45, 7) is 5.58. The molecule has 0 aromatic heterocycles. The lowest BCUT2D eigenvalue weighted by Crippen LogP contribution is -2.18. The molecule has 0 aliphatic carbocycles. The van der Waals surface area contributed by atoms with Crippen LogP contribution in [0.2, 0.25) is 5.54 Å². The van der Waals surface area contributed by atoms with Gasteiger partial charge >= 0.3 is 0 Å². The van der Waals surface area contributed by atoms with Gasteiger partial charge in [-0.25, -0.2) is 0 Å². The van der Waals surface area contributed by atoms with E-state index in [1.165, 1.54) is 30.0 Å². The van der Waals surface area contributed by atoms with Crippen molar-refractivity contribution in [3.05, 3.63) is 78.9 Å². The van der Waals surface area contributed by atoms with Crippen molar-refractivity contribution in [3.63, 3.8) is 0 Å². The highest BCUT2D eigenvalue weighted by Gasteiger charge is 2.06. The molecule has 1 atom stereocenters. The van der Waals surface area contributed by atoms with Crippen LogP contribution in [0.3, 0.4) is 0 Å². The Hall–Kier alpha value is -1.64. The number of hydrogen-bond donors (Lipinski definition) is 0. The van der Waals surface area contributed by atoms with E-state index < -0.39 is 0 Å². The first-order valence-corrected chi connectivity index (χ1v) is 9.52. The molecule has 0 heterocycles.